The number of nitrogens with zero attached hydrogens (tertiary/aromatic N) is 1. The molecule has 4 rings (SSSR count). The van der Waals surface area contributed by atoms with Crippen molar-refractivity contribution in [3.8, 4) is 5.75 Å². The van der Waals surface area contributed by atoms with Gasteiger partial charge in [0.2, 0.25) is 0 Å². The summed E-state index contributed by atoms with van der Waals surface area (Å²) in [5, 5.41) is 1.04. The van der Waals surface area contributed by atoms with Crippen LogP contribution in [0.3, 0.4) is 0 Å². The van der Waals surface area contributed by atoms with Crippen LogP contribution in [0.25, 0.3) is 10.1 Å². The van der Waals surface area contributed by atoms with E-state index in [-0.39, 0.29) is 6.10 Å². The fraction of sp³-hybridized carbons (Fsp3) is 0.348. The maximum Gasteiger partial charge on any atom is 0.259 e. The third kappa shape index (κ3) is 4.20. The van der Waals surface area contributed by atoms with E-state index >= 15 is 0 Å². The molecule has 0 spiro atoms. The number of hydrogen-bond acceptors (Lipinski definition) is 6. The molecular formula is C23H26N2O4S. The molecule has 2 heterocycles. The first kappa shape index (κ1) is 20.8. The minimum absolute atomic E-state index is 0.203. The normalized spacial score (nSPS) is 17.3. The molecule has 7 heteroatoms. The van der Waals surface area contributed by atoms with Crippen molar-refractivity contribution in [2.75, 3.05) is 33.9 Å². The molecular weight excluding hydrogens is 400 g/mol. The lowest BCUT2D eigenvalue weighted by molar-refractivity contribution is -0.0324. The molecule has 6 nitrogen and oxygen atoms in total. The van der Waals surface area contributed by atoms with Gasteiger partial charge in [-0.2, -0.15) is 0 Å². The van der Waals surface area contributed by atoms with Crippen LogP contribution < -0.4 is 10.5 Å². The average Bonchev–Trinajstić information content (AvgIpc) is 3.14. The third-order valence-electron chi connectivity index (χ3n) is 5.38. The second kappa shape index (κ2) is 9.14. The summed E-state index contributed by atoms with van der Waals surface area (Å²) in [7, 11) is 3.38. The molecule has 1 amide bonds. The van der Waals surface area contributed by atoms with Gasteiger partial charge in [0.25, 0.3) is 5.91 Å². The van der Waals surface area contributed by atoms with Gasteiger partial charge in [-0.1, -0.05) is 24.3 Å². The van der Waals surface area contributed by atoms with Crippen LogP contribution in [0.5, 0.6) is 5.75 Å². The Kier molecular flexibility index (Phi) is 6.34. The van der Waals surface area contributed by atoms with Gasteiger partial charge in [0.05, 0.1) is 31.3 Å². The van der Waals surface area contributed by atoms with Gasteiger partial charge < -0.3 is 19.9 Å². The number of ether oxygens (including phenoxy) is 3. The van der Waals surface area contributed by atoms with E-state index in [1.807, 2.05) is 36.4 Å². The fourth-order valence-corrected chi connectivity index (χ4v) is 5.15. The molecule has 3 aromatic rings. The van der Waals surface area contributed by atoms with E-state index in [2.05, 4.69) is 11.0 Å². The van der Waals surface area contributed by atoms with Gasteiger partial charge in [0.1, 0.15) is 5.75 Å². The summed E-state index contributed by atoms with van der Waals surface area (Å²) in [5.41, 5.74) is 8.83. The SMILES string of the molecule is COCc1ccc(OC)c(CN2CCOC(c3c(C(N)=O)sc4ccccc34)C2)c1. The average molecular weight is 427 g/mol. The fourth-order valence-electron chi connectivity index (χ4n) is 4.04. The molecule has 158 valence electrons. The second-order valence-electron chi connectivity index (χ2n) is 7.38. The van der Waals surface area contributed by atoms with E-state index in [0.717, 1.165) is 45.6 Å². The molecule has 2 aromatic carbocycles. The molecule has 1 unspecified atom stereocenters. The zero-order chi connectivity index (χ0) is 21.1. The molecule has 0 saturated carbocycles. The molecule has 0 radical (unpaired) electrons. The van der Waals surface area contributed by atoms with Crippen LogP contribution in [0.1, 0.15) is 32.5 Å². The van der Waals surface area contributed by atoms with Crippen LogP contribution in [-0.2, 0) is 22.6 Å². The molecule has 1 saturated heterocycles. The number of morpholine rings is 1. The molecule has 1 aliphatic heterocycles. The zero-order valence-electron chi connectivity index (χ0n) is 17.2. The smallest absolute Gasteiger partial charge is 0.259 e. The number of benzene rings is 2. The lowest BCUT2D eigenvalue weighted by atomic mass is 10.0. The first-order valence-corrected chi connectivity index (χ1v) is 10.7. The van der Waals surface area contributed by atoms with E-state index in [0.29, 0.717) is 24.6 Å². The van der Waals surface area contributed by atoms with Crippen molar-refractivity contribution in [2.45, 2.75) is 19.3 Å². The van der Waals surface area contributed by atoms with E-state index in [1.165, 1.54) is 11.3 Å². The Morgan fingerprint density at radius 3 is 2.87 bits per heavy atom. The van der Waals surface area contributed by atoms with E-state index in [4.69, 9.17) is 19.9 Å². The van der Waals surface area contributed by atoms with E-state index in [9.17, 15) is 4.79 Å². The minimum atomic E-state index is -0.402. The van der Waals surface area contributed by atoms with Crippen molar-refractivity contribution in [3.05, 3.63) is 64.0 Å². The van der Waals surface area contributed by atoms with Crippen LogP contribution in [0.2, 0.25) is 0 Å². The van der Waals surface area contributed by atoms with Gasteiger partial charge in [0, 0.05) is 42.6 Å². The molecule has 2 N–H and O–H groups in total. The Labute approximate surface area is 180 Å². The number of carbonyl (C=O) groups is 1. The second-order valence-corrected chi connectivity index (χ2v) is 8.43. The van der Waals surface area contributed by atoms with Crippen molar-refractivity contribution < 1.29 is 19.0 Å². The van der Waals surface area contributed by atoms with Crippen molar-refractivity contribution in [3.63, 3.8) is 0 Å². The Morgan fingerprint density at radius 1 is 1.27 bits per heavy atom. The first-order valence-electron chi connectivity index (χ1n) is 9.90. The Hall–Kier alpha value is -2.45. The number of methoxy groups -OCH3 is 2. The van der Waals surface area contributed by atoms with Crippen LogP contribution in [0.4, 0.5) is 0 Å². The highest BCUT2D eigenvalue weighted by molar-refractivity contribution is 7.21. The van der Waals surface area contributed by atoms with E-state index in [1.54, 1.807) is 14.2 Å². The minimum Gasteiger partial charge on any atom is -0.496 e. The van der Waals surface area contributed by atoms with Gasteiger partial charge in [-0.3, -0.25) is 9.69 Å². The largest absolute Gasteiger partial charge is 0.496 e. The maximum absolute atomic E-state index is 12.1. The lowest BCUT2D eigenvalue weighted by Crippen LogP contribution is -2.38. The highest BCUT2D eigenvalue weighted by Gasteiger charge is 2.29. The topological polar surface area (TPSA) is 74.0 Å². The van der Waals surface area contributed by atoms with E-state index < -0.39 is 5.91 Å². The van der Waals surface area contributed by atoms with Gasteiger partial charge in [0.15, 0.2) is 0 Å². The molecule has 1 fully saturated rings. The molecule has 30 heavy (non-hydrogen) atoms. The molecule has 1 atom stereocenters. The number of carbonyl (C=O) groups excluding carboxylic acids is 1. The third-order valence-corrected chi connectivity index (χ3v) is 6.58. The summed E-state index contributed by atoms with van der Waals surface area (Å²) in [4.78, 5) is 15.0. The summed E-state index contributed by atoms with van der Waals surface area (Å²) in [6.45, 7) is 3.37. The number of primary amides is 1. The number of amides is 1. The number of nitrogens with two attached hydrogens (primary N) is 1. The van der Waals surface area contributed by atoms with Crippen LogP contribution in [0, 0.1) is 0 Å². The van der Waals surface area contributed by atoms with Crippen molar-refractivity contribution in [2.24, 2.45) is 5.73 Å². The summed E-state index contributed by atoms with van der Waals surface area (Å²) in [6, 6.07) is 14.1. The van der Waals surface area contributed by atoms with Crippen molar-refractivity contribution >= 4 is 27.3 Å². The van der Waals surface area contributed by atoms with Gasteiger partial charge >= 0.3 is 0 Å². The maximum atomic E-state index is 12.1. The number of fused-ring (bicyclic) bond motifs is 1. The van der Waals surface area contributed by atoms with Crippen molar-refractivity contribution in [1.82, 2.24) is 4.90 Å². The summed E-state index contributed by atoms with van der Waals surface area (Å²) >= 11 is 1.44. The van der Waals surface area contributed by atoms with Crippen molar-refractivity contribution in [1.29, 1.82) is 0 Å². The molecule has 1 aromatic heterocycles. The Bertz CT molecular complexity index is 1050. The zero-order valence-corrected chi connectivity index (χ0v) is 18.0. The molecule has 1 aliphatic rings. The number of hydrogen-bond donors (Lipinski definition) is 1. The first-order chi connectivity index (χ1) is 14.6. The predicted molar refractivity (Wildman–Crippen MR) is 118 cm³/mol. The lowest BCUT2D eigenvalue weighted by Gasteiger charge is -2.33. The summed E-state index contributed by atoms with van der Waals surface area (Å²) in [6.07, 6.45) is -0.203. The Balaban J connectivity index is 1.61. The monoisotopic (exact) mass is 426 g/mol. The van der Waals surface area contributed by atoms with Crippen LogP contribution in [-0.4, -0.2) is 44.7 Å². The highest BCUT2D eigenvalue weighted by Crippen LogP contribution is 2.38. The van der Waals surface area contributed by atoms with Gasteiger partial charge in [-0.05, 0) is 29.1 Å². The summed E-state index contributed by atoms with van der Waals surface area (Å²) < 4.78 is 18.0. The Morgan fingerprint density at radius 2 is 2.10 bits per heavy atom. The van der Waals surface area contributed by atoms with Crippen LogP contribution >= 0.6 is 11.3 Å². The highest BCUT2D eigenvalue weighted by atomic mass is 32.1. The number of rotatable bonds is 7. The molecule has 0 bridgehead atoms. The van der Waals surface area contributed by atoms with Gasteiger partial charge in [-0.25, -0.2) is 0 Å². The number of thiophene rings is 1. The predicted octanol–water partition coefficient (Wildman–Crippen LogP) is 3.73. The van der Waals surface area contributed by atoms with Crippen LogP contribution in [0.15, 0.2) is 42.5 Å². The standard InChI is InChI=1S/C23H26N2O4S/c1-27-14-15-7-8-18(28-2)16(11-15)12-25-9-10-29-19(13-25)21-17-5-3-4-6-20(17)30-22(21)23(24)26/h3-8,11,19H,9-10,12-14H2,1-2H3,(H2,24,26). The molecule has 0 aliphatic carbocycles. The summed E-state index contributed by atoms with van der Waals surface area (Å²) in [5.74, 6) is 0.456. The quantitative estimate of drug-likeness (QED) is 0.623. The van der Waals surface area contributed by atoms with Gasteiger partial charge in [-0.15, -0.1) is 11.3 Å².